The number of Topliss-reactive ketones (excluding diaryl/α,β-unsaturated/α-hetero) is 1. The fourth-order valence-corrected chi connectivity index (χ4v) is 3.43. The average molecular weight is 401 g/mol. The van der Waals surface area contributed by atoms with Gasteiger partial charge >= 0.3 is 0 Å². The zero-order valence-corrected chi connectivity index (χ0v) is 16.3. The van der Waals surface area contributed by atoms with E-state index in [0.717, 1.165) is 11.8 Å². The van der Waals surface area contributed by atoms with Crippen LogP contribution in [0.3, 0.4) is 0 Å². The molecular weight excluding hydrogens is 380 g/mol. The van der Waals surface area contributed by atoms with E-state index < -0.39 is 0 Å². The molecule has 0 bridgehead atoms. The number of carbonyl (C=O) groups excluding carboxylic acids is 3. The second-order valence-corrected chi connectivity index (χ2v) is 7.15. The minimum Gasteiger partial charge on any atom is -0.322 e. The van der Waals surface area contributed by atoms with Gasteiger partial charge in [-0.15, -0.1) is 0 Å². The van der Waals surface area contributed by atoms with Crippen molar-refractivity contribution in [3.8, 4) is 0 Å². The van der Waals surface area contributed by atoms with Crippen molar-refractivity contribution in [3.63, 3.8) is 0 Å². The summed E-state index contributed by atoms with van der Waals surface area (Å²) in [6, 6.07) is 17.7. The maximum atomic E-state index is 12.3. The highest BCUT2D eigenvalue weighted by Crippen LogP contribution is 2.13. The second-order valence-electron chi connectivity index (χ2n) is 5.61. The molecule has 0 fully saturated rings. The fraction of sp³-hybridized carbons (Fsp3) is 0.200. The van der Waals surface area contributed by atoms with Crippen molar-refractivity contribution in [2.45, 2.75) is 6.42 Å². The van der Waals surface area contributed by atoms with Crippen LogP contribution in [0.5, 0.6) is 0 Å². The summed E-state index contributed by atoms with van der Waals surface area (Å²) >= 11 is 6.40. The van der Waals surface area contributed by atoms with Crippen LogP contribution in [0.1, 0.15) is 27.1 Å². The Bertz CT molecular complexity index is 810. The number of thiocarbonyl (C=S) groups is 1. The number of ketones is 1. The molecular formula is C20H20N2O3S2. The number of nitrogens with zero attached hydrogens (tertiary/aromatic N) is 1. The molecule has 0 saturated carbocycles. The summed E-state index contributed by atoms with van der Waals surface area (Å²) in [7, 11) is 0. The Morgan fingerprint density at radius 1 is 0.926 bits per heavy atom. The molecule has 0 unspecified atom stereocenters. The zero-order chi connectivity index (χ0) is 19.6. The first-order chi connectivity index (χ1) is 13.0. The van der Waals surface area contributed by atoms with Crippen molar-refractivity contribution in [1.82, 2.24) is 4.90 Å². The van der Waals surface area contributed by atoms with Gasteiger partial charge in [-0.2, -0.15) is 0 Å². The Morgan fingerprint density at radius 3 is 2.04 bits per heavy atom. The van der Waals surface area contributed by atoms with Crippen molar-refractivity contribution in [2.75, 3.05) is 18.8 Å². The highest BCUT2D eigenvalue weighted by molar-refractivity contribution is 8.14. The summed E-state index contributed by atoms with van der Waals surface area (Å²) in [5.74, 6) is -0.170. The van der Waals surface area contributed by atoms with E-state index in [9.17, 15) is 14.4 Å². The normalized spacial score (nSPS) is 10.3. The van der Waals surface area contributed by atoms with Crippen molar-refractivity contribution in [2.24, 2.45) is 5.73 Å². The summed E-state index contributed by atoms with van der Waals surface area (Å²) < 4.78 is 0. The zero-order valence-electron chi connectivity index (χ0n) is 14.7. The maximum Gasteiger partial charge on any atom is 0.241 e. The highest BCUT2D eigenvalue weighted by atomic mass is 32.2. The summed E-state index contributed by atoms with van der Waals surface area (Å²) in [6.45, 7) is 0.0111. The van der Waals surface area contributed by atoms with Crippen molar-refractivity contribution < 1.29 is 14.4 Å². The Labute approximate surface area is 167 Å². The first-order valence-electron chi connectivity index (χ1n) is 8.36. The van der Waals surface area contributed by atoms with Gasteiger partial charge in [0.1, 0.15) is 0 Å². The lowest BCUT2D eigenvalue weighted by Gasteiger charge is -2.22. The molecule has 0 aliphatic carbocycles. The molecule has 5 nitrogen and oxygen atoms in total. The van der Waals surface area contributed by atoms with Crippen molar-refractivity contribution >= 4 is 45.8 Å². The summed E-state index contributed by atoms with van der Waals surface area (Å²) in [5.41, 5.74) is 6.60. The minimum absolute atomic E-state index is 0.0532. The number of benzene rings is 2. The molecule has 1 amide bonds. The van der Waals surface area contributed by atoms with Crippen LogP contribution in [0.2, 0.25) is 0 Å². The monoisotopic (exact) mass is 400 g/mol. The Morgan fingerprint density at radius 2 is 1.48 bits per heavy atom. The smallest absolute Gasteiger partial charge is 0.241 e. The fourth-order valence-electron chi connectivity index (χ4n) is 2.34. The molecule has 0 atom stereocenters. The Balaban J connectivity index is 1.94. The molecule has 0 aliphatic rings. The summed E-state index contributed by atoms with van der Waals surface area (Å²) in [5, 5.41) is -0.0815. The van der Waals surface area contributed by atoms with E-state index in [2.05, 4.69) is 0 Å². The van der Waals surface area contributed by atoms with Crippen LogP contribution in [-0.4, -0.2) is 45.5 Å². The van der Waals surface area contributed by atoms with Crippen LogP contribution < -0.4 is 5.73 Å². The largest absolute Gasteiger partial charge is 0.322 e. The second kappa shape index (κ2) is 10.7. The molecule has 2 rings (SSSR count). The molecule has 0 aliphatic heterocycles. The molecule has 140 valence electrons. The SMILES string of the molecule is NCC(=O)N(CCSC(=O)c1ccccc1)C(=S)CC(=O)c1ccccc1. The molecule has 2 N–H and O–H groups in total. The third-order valence-corrected chi connectivity index (χ3v) is 4.99. The van der Waals surface area contributed by atoms with Gasteiger partial charge in [-0.3, -0.25) is 14.4 Å². The Hall–Kier alpha value is -2.35. The van der Waals surface area contributed by atoms with Crippen LogP contribution >= 0.6 is 24.0 Å². The number of amides is 1. The standard InChI is InChI=1S/C20H20N2O3S2/c21-14-18(24)22(11-12-27-20(25)16-9-5-2-6-10-16)19(26)13-17(23)15-7-3-1-4-8-15/h1-10H,11-14,21H2. The molecule has 0 heterocycles. The van der Waals surface area contributed by atoms with E-state index in [-0.39, 0.29) is 41.3 Å². The van der Waals surface area contributed by atoms with Crippen LogP contribution in [0.15, 0.2) is 60.7 Å². The van der Waals surface area contributed by atoms with Crippen molar-refractivity contribution in [1.29, 1.82) is 0 Å². The number of carbonyl (C=O) groups is 3. The van der Waals surface area contributed by atoms with Gasteiger partial charge in [-0.05, 0) is 0 Å². The Kier molecular flexibility index (Phi) is 8.32. The van der Waals surface area contributed by atoms with Crippen LogP contribution in [0.4, 0.5) is 0 Å². The molecule has 2 aromatic rings. The average Bonchev–Trinajstić information content (AvgIpc) is 2.71. The van der Waals surface area contributed by atoms with Gasteiger partial charge in [0.15, 0.2) is 5.78 Å². The maximum absolute atomic E-state index is 12.3. The minimum atomic E-state index is -0.367. The lowest BCUT2D eigenvalue weighted by molar-refractivity contribution is -0.125. The van der Waals surface area contributed by atoms with Gasteiger partial charge in [0.25, 0.3) is 0 Å². The lowest BCUT2D eigenvalue weighted by atomic mass is 10.1. The van der Waals surface area contributed by atoms with Crippen LogP contribution in [0, 0.1) is 0 Å². The molecule has 0 spiro atoms. The van der Waals surface area contributed by atoms with E-state index in [1.165, 1.54) is 4.90 Å². The van der Waals surface area contributed by atoms with E-state index in [4.69, 9.17) is 18.0 Å². The molecule has 0 saturated heterocycles. The first-order valence-corrected chi connectivity index (χ1v) is 9.76. The predicted octanol–water partition coefficient (Wildman–Crippen LogP) is 2.95. The van der Waals surface area contributed by atoms with E-state index in [0.29, 0.717) is 16.9 Å². The van der Waals surface area contributed by atoms with E-state index in [1.54, 1.807) is 48.5 Å². The van der Waals surface area contributed by atoms with Gasteiger partial charge in [0.05, 0.1) is 18.0 Å². The first kappa shape index (κ1) is 21.0. The molecule has 0 aromatic heterocycles. The number of hydrogen-bond acceptors (Lipinski definition) is 6. The lowest BCUT2D eigenvalue weighted by Crippen LogP contribution is -2.42. The van der Waals surface area contributed by atoms with Gasteiger partial charge in [0, 0.05) is 23.4 Å². The summed E-state index contributed by atoms with van der Waals surface area (Å²) in [4.78, 5) is 38.1. The third-order valence-electron chi connectivity index (χ3n) is 3.74. The molecule has 0 radical (unpaired) electrons. The topological polar surface area (TPSA) is 80.5 Å². The number of nitrogens with two attached hydrogens (primary N) is 1. The van der Waals surface area contributed by atoms with Crippen molar-refractivity contribution in [3.05, 3.63) is 71.8 Å². The number of thioether (sulfide) groups is 1. The highest BCUT2D eigenvalue weighted by Gasteiger charge is 2.20. The van der Waals surface area contributed by atoms with E-state index in [1.807, 2.05) is 12.1 Å². The quantitative estimate of drug-likeness (QED) is 0.542. The number of rotatable bonds is 8. The van der Waals surface area contributed by atoms with E-state index >= 15 is 0 Å². The van der Waals surface area contributed by atoms with Gasteiger partial charge in [-0.1, -0.05) is 84.6 Å². The van der Waals surface area contributed by atoms with Gasteiger partial charge in [0.2, 0.25) is 11.0 Å². The van der Waals surface area contributed by atoms with Gasteiger partial charge < -0.3 is 10.6 Å². The van der Waals surface area contributed by atoms with Crippen LogP contribution in [0.25, 0.3) is 0 Å². The van der Waals surface area contributed by atoms with Crippen LogP contribution in [-0.2, 0) is 4.79 Å². The molecule has 7 heteroatoms. The van der Waals surface area contributed by atoms with Gasteiger partial charge in [-0.25, -0.2) is 0 Å². The molecule has 27 heavy (non-hydrogen) atoms. The third kappa shape index (κ3) is 6.39. The number of hydrogen-bond donors (Lipinski definition) is 1. The predicted molar refractivity (Wildman–Crippen MR) is 112 cm³/mol. The molecule has 2 aromatic carbocycles. The summed E-state index contributed by atoms with van der Waals surface area (Å²) in [6.07, 6.45) is -0.0532.